The highest BCUT2D eigenvalue weighted by Gasteiger charge is 2.10. The first-order valence-electron chi connectivity index (χ1n) is 6.52. The molecule has 5 heteroatoms. The lowest BCUT2D eigenvalue weighted by molar-refractivity contribution is 0.875. The van der Waals surface area contributed by atoms with Gasteiger partial charge in [0, 0.05) is 16.6 Å². The molecule has 0 aliphatic heterocycles. The number of anilines is 2. The molecule has 0 aliphatic carbocycles. The van der Waals surface area contributed by atoms with E-state index < -0.39 is 0 Å². The Kier molecular flexibility index (Phi) is 5.10. The van der Waals surface area contributed by atoms with Crippen molar-refractivity contribution in [3.63, 3.8) is 0 Å². The fourth-order valence-corrected chi connectivity index (χ4v) is 2.52. The molecule has 3 nitrogen and oxygen atoms in total. The maximum atomic E-state index is 6.21. The summed E-state index contributed by atoms with van der Waals surface area (Å²) >= 11 is 12.1. The lowest BCUT2D eigenvalue weighted by Gasteiger charge is -2.17. The highest BCUT2D eigenvalue weighted by Crippen LogP contribution is 2.28. The number of nitrogens with zero attached hydrogens (tertiary/aromatic N) is 1. The summed E-state index contributed by atoms with van der Waals surface area (Å²) in [7, 11) is 0. The Labute approximate surface area is 129 Å². The first-order valence-corrected chi connectivity index (χ1v) is 7.28. The number of halogens is 2. The molecule has 1 atom stereocenters. The molecule has 20 heavy (non-hydrogen) atoms. The number of hydrogen-bond donors (Lipinski definition) is 2. The van der Waals surface area contributed by atoms with Gasteiger partial charge in [-0.2, -0.15) is 0 Å². The van der Waals surface area contributed by atoms with Crippen molar-refractivity contribution in [2.45, 2.75) is 19.9 Å². The number of nitrogens with one attached hydrogen (secondary N) is 2. The van der Waals surface area contributed by atoms with Crippen LogP contribution in [0.5, 0.6) is 0 Å². The number of rotatable bonds is 5. The zero-order valence-corrected chi connectivity index (χ0v) is 13.0. The molecule has 0 radical (unpaired) electrons. The molecule has 0 saturated carbocycles. The average molecular weight is 310 g/mol. The minimum atomic E-state index is 0.0455. The van der Waals surface area contributed by atoms with E-state index in [1.807, 2.05) is 44.2 Å². The van der Waals surface area contributed by atoms with Crippen molar-refractivity contribution in [1.82, 2.24) is 4.98 Å². The summed E-state index contributed by atoms with van der Waals surface area (Å²) in [6.07, 6.45) is 0. The molecule has 106 valence electrons. The van der Waals surface area contributed by atoms with Crippen LogP contribution >= 0.6 is 23.2 Å². The third-order valence-electron chi connectivity index (χ3n) is 2.90. The Hall–Kier alpha value is -1.45. The van der Waals surface area contributed by atoms with Crippen LogP contribution in [0.2, 0.25) is 10.0 Å². The zero-order chi connectivity index (χ0) is 14.5. The summed E-state index contributed by atoms with van der Waals surface area (Å²) in [5.41, 5.74) is 0.992. The van der Waals surface area contributed by atoms with E-state index in [4.69, 9.17) is 23.2 Å². The fraction of sp³-hybridized carbons (Fsp3) is 0.267. The summed E-state index contributed by atoms with van der Waals surface area (Å²) in [5, 5.41) is 7.81. The van der Waals surface area contributed by atoms with Crippen LogP contribution in [0.15, 0.2) is 36.4 Å². The van der Waals surface area contributed by atoms with E-state index in [0.717, 1.165) is 23.7 Å². The Morgan fingerprint density at radius 2 is 1.90 bits per heavy atom. The third-order valence-corrected chi connectivity index (χ3v) is 3.46. The predicted molar refractivity (Wildman–Crippen MR) is 86.9 cm³/mol. The Balaban J connectivity index is 2.14. The molecule has 0 aliphatic rings. The minimum absolute atomic E-state index is 0.0455. The fourth-order valence-electron chi connectivity index (χ4n) is 1.95. The minimum Gasteiger partial charge on any atom is -0.370 e. The number of aromatic nitrogens is 1. The molecule has 0 amide bonds. The van der Waals surface area contributed by atoms with Crippen molar-refractivity contribution in [3.8, 4) is 0 Å². The topological polar surface area (TPSA) is 37.0 Å². The highest BCUT2D eigenvalue weighted by atomic mass is 35.5. The molecule has 0 bridgehead atoms. The molecule has 2 aromatic rings. The second kappa shape index (κ2) is 6.82. The Morgan fingerprint density at radius 3 is 2.60 bits per heavy atom. The van der Waals surface area contributed by atoms with Crippen LogP contribution in [0.3, 0.4) is 0 Å². The van der Waals surface area contributed by atoms with Crippen LogP contribution in [0.4, 0.5) is 11.6 Å². The molecule has 2 rings (SSSR count). The highest BCUT2D eigenvalue weighted by molar-refractivity contribution is 6.35. The van der Waals surface area contributed by atoms with Gasteiger partial charge >= 0.3 is 0 Å². The molecular weight excluding hydrogens is 293 g/mol. The third kappa shape index (κ3) is 3.78. The van der Waals surface area contributed by atoms with Crippen molar-refractivity contribution in [3.05, 3.63) is 52.0 Å². The summed E-state index contributed by atoms with van der Waals surface area (Å²) in [6.45, 7) is 4.92. The lowest BCUT2D eigenvalue weighted by atomic mass is 10.1. The van der Waals surface area contributed by atoms with Gasteiger partial charge in [0.15, 0.2) is 0 Å². The molecule has 0 spiro atoms. The van der Waals surface area contributed by atoms with E-state index in [1.54, 1.807) is 6.07 Å². The summed E-state index contributed by atoms with van der Waals surface area (Å²) in [4.78, 5) is 4.48. The van der Waals surface area contributed by atoms with Gasteiger partial charge in [-0.15, -0.1) is 0 Å². The van der Waals surface area contributed by atoms with Gasteiger partial charge in [-0.3, -0.25) is 0 Å². The number of pyridine rings is 1. The average Bonchev–Trinajstić information content (AvgIpc) is 2.39. The van der Waals surface area contributed by atoms with Crippen molar-refractivity contribution in [1.29, 1.82) is 0 Å². The van der Waals surface area contributed by atoms with Crippen molar-refractivity contribution >= 4 is 34.8 Å². The molecule has 2 N–H and O–H groups in total. The number of hydrogen-bond acceptors (Lipinski definition) is 3. The summed E-state index contributed by atoms with van der Waals surface area (Å²) in [6, 6.07) is 11.4. The van der Waals surface area contributed by atoms with Crippen LogP contribution in [0, 0.1) is 0 Å². The van der Waals surface area contributed by atoms with E-state index >= 15 is 0 Å². The molecule has 1 unspecified atom stereocenters. The van der Waals surface area contributed by atoms with Crippen LogP contribution in [-0.2, 0) is 0 Å². The molecule has 1 aromatic heterocycles. The van der Waals surface area contributed by atoms with Gasteiger partial charge in [-0.25, -0.2) is 4.98 Å². The van der Waals surface area contributed by atoms with Crippen molar-refractivity contribution < 1.29 is 0 Å². The smallest absolute Gasteiger partial charge is 0.128 e. The van der Waals surface area contributed by atoms with E-state index in [1.165, 1.54) is 0 Å². The van der Waals surface area contributed by atoms with Gasteiger partial charge in [0.25, 0.3) is 0 Å². The quantitative estimate of drug-likeness (QED) is 0.816. The van der Waals surface area contributed by atoms with Crippen LogP contribution in [0.1, 0.15) is 25.5 Å². The second-order valence-electron chi connectivity index (χ2n) is 4.47. The molecule has 0 fully saturated rings. The maximum absolute atomic E-state index is 6.21. The van der Waals surface area contributed by atoms with Crippen LogP contribution in [-0.4, -0.2) is 11.5 Å². The predicted octanol–water partition coefficient (Wildman–Crippen LogP) is 4.99. The second-order valence-corrected chi connectivity index (χ2v) is 5.31. The first-order chi connectivity index (χ1) is 9.60. The van der Waals surface area contributed by atoms with Gasteiger partial charge in [-0.1, -0.05) is 35.3 Å². The number of benzene rings is 1. The standard InChI is InChI=1S/C15H17Cl2N3/c1-3-18-14-5-4-6-15(20-14)19-10(2)12-8-7-11(16)9-13(12)17/h4-10H,3H2,1-2H3,(H2,18,19,20). The normalized spacial score (nSPS) is 12.0. The van der Waals surface area contributed by atoms with Crippen molar-refractivity contribution in [2.24, 2.45) is 0 Å². The zero-order valence-electron chi connectivity index (χ0n) is 11.5. The van der Waals surface area contributed by atoms with Crippen molar-refractivity contribution in [2.75, 3.05) is 17.2 Å². The first kappa shape index (κ1) is 14.9. The summed E-state index contributed by atoms with van der Waals surface area (Å²) in [5.74, 6) is 1.66. The molecular formula is C15H17Cl2N3. The van der Waals surface area contributed by atoms with Gasteiger partial charge in [-0.05, 0) is 43.7 Å². The van der Waals surface area contributed by atoms with Gasteiger partial charge in [0.2, 0.25) is 0 Å². The molecule has 1 heterocycles. The van der Waals surface area contributed by atoms with E-state index in [-0.39, 0.29) is 6.04 Å². The van der Waals surface area contributed by atoms with Gasteiger partial charge in [0.1, 0.15) is 11.6 Å². The molecule has 0 saturated heterocycles. The Morgan fingerprint density at radius 1 is 1.15 bits per heavy atom. The van der Waals surface area contributed by atoms with Crippen LogP contribution in [0.25, 0.3) is 0 Å². The van der Waals surface area contributed by atoms with Crippen LogP contribution < -0.4 is 10.6 Å². The van der Waals surface area contributed by atoms with E-state index in [2.05, 4.69) is 15.6 Å². The van der Waals surface area contributed by atoms with Gasteiger partial charge < -0.3 is 10.6 Å². The van der Waals surface area contributed by atoms with E-state index in [9.17, 15) is 0 Å². The maximum Gasteiger partial charge on any atom is 0.128 e. The SMILES string of the molecule is CCNc1cccc(NC(C)c2ccc(Cl)cc2Cl)n1. The van der Waals surface area contributed by atoms with E-state index in [0.29, 0.717) is 10.0 Å². The molecule has 1 aromatic carbocycles. The van der Waals surface area contributed by atoms with Gasteiger partial charge in [0.05, 0.1) is 6.04 Å². The summed E-state index contributed by atoms with van der Waals surface area (Å²) < 4.78 is 0. The monoisotopic (exact) mass is 309 g/mol. The Bertz CT molecular complexity index is 587. The lowest BCUT2D eigenvalue weighted by Crippen LogP contribution is -2.09. The largest absolute Gasteiger partial charge is 0.370 e.